The van der Waals surface area contributed by atoms with Gasteiger partial charge in [0, 0.05) is 49.2 Å². The predicted octanol–water partition coefficient (Wildman–Crippen LogP) is 3.79. The van der Waals surface area contributed by atoms with Crippen molar-refractivity contribution in [3.63, 3.8) is 0 Å². The molecule has 34 heavy (non-hydrogen) atoms. The third kappa shape index (κ3) is 3.94. The van der Waals surface area contributed by atoms with Gasteiger partial charge in [-0.2, -0.15) is 5.10 Å². The second-order valence-corrected chi connectivity index (χ2v) is 9.47. The van der Waals surface area contributed by atoms with Crippen LogP contribution in [0.1, 0.15) is 41.4 Å². The Morgan fingerprint density at radius 3 is 2.65 bits per heavy atom. The fraction of sp³-hybridized carbons (Fsp3) is 0.407. The Balaban J connectivity index is 1.34. The number of carbonyl (C=O) groups excluding carboxylic acids is 1. The number of likely N-dealkylation sites (N-methyl/N-ethyl adjacent to an activating group) is 1. The largest absolute Gasteiger partial charge is 0.497 e. The molecular weight excluding hydrogens is 426 g/mol. The summed E-state index contributed by atoms with van der Waals surface area (Å²) in [6, 6.07) is 13.4. The van der Waals surface area contributed by atoms with Crippen LogP contribution in [0.15, 0.2) is 48.8 Å². The average molecular weight is 460 g/mol. The third-order valence-electron chi connectivity index (χ3n) is 7.37. The number of hydrogen-bond acceptors (Lipinski definition) is 5. The number of fused-ring (bicyclic) bond motifs is 1. The maximum Gasteiger partial charge on any atom is 0.252 e. The Kier molecular flexibility index (Phi) is 5.81. The molecule has 0 spiro atoms. The molecule has 7 nitrogen and oxygen atoms in total. The molecule has 0 bridgehead atoms. The molecule has 2 aromatic carbocycles. The number of benzene rings is 2. The molecule has 2 fully saturated rings. The molecule has 1 N–H and O–H groups in total. The zero-order valence-electron chi connectivity index (χ0n) is 20.6. The van der Waals surface area contributed by atoms with E-state index in [1.807, 2.05) is 45.4 Å². The van der Waals surface area contributed by atoms with Gasteiger partial charge in [-0.05, 0) is 67.4 Å². The Morgan fingerprint density at radius 2 is 2.00 bits per heavy atom. The minimum Gasteiger partial charge on any atom is -0.497 e. The minimum atomic E-state index is -0.181. The van der Waals surface area contributed by atoms with Gasteiger partial charge in [0.1, 0.15) is 5.75 Å². The molecule has 0 radical (unpaired) electrons. The molecule has 7 heteroatoms. The number of rotatable bonds is 7. The van der Waals surface area contributed by atoms with Crippen molar-refractivity contribution >= 4 is 11.6 Å². The highest BCUT2D eigenvalue weighted by Crippen LogP contribution is 2.37. The molecule has 178 valence electrons. The molecule has 0 saturated carbocycles. The molecule has 1 aromatic heterocycles. The number of likely N-dealkylation sites (tertiary alicyclic amines) is 1. The van der Waals surface area contributed by atoms with Crippen LogP contribution in [0.2, 0.25) is 0 Å². The van der Waals surface area contributed by atoms with E-state index in [-0.39, 0.29) is 11.9 Å². The fourth-order valence-electron chi connectivity index (χ4n) is 5.12. The van der Waals surface area contributed by atoms with E-state index < -0.39 is 0 Å². The molecule has 2 saturated heterocycles. The molecule has 1 amide bonds. The van der Waals surface area contributed by atoms with Crippen LogP contribution in [0.5, 0.6) is 5.75 Å². The number of carbonyl (C=O) groups is 1. The van der Waals surface area contributed by atoms with Crippen molar-refractivity contribution in [3.05, 3.63) is 65.5 Å². The molecule has 2 aliphatic heterocycles. The summed E-state index contributed by atoms with van der Waals surface area (Å²) in [7, 11) is 3.56. The first-order chi connectivity index (χ1) is 16.4. The lowest BCUT2D eigenvalue weighted by Crippen LogP contribution is -2.78. The van der Waals surface area contributed by atoms with Crippen LogP contribution < -0.4 is 15.0 Å². The number of piperazine rings is 1. The van der Waals surface area contributed by atoms with Crippen molar-refractivity contribution < 1.29 is 9.53 Å². The number of aromatic nitrogens is 2. The van der Waals surface area contributed by atoms with E-state index in [0.717, 1.165) is 58.9 Å². The number of nitrogens with zero attached hydrogens (tertiary/aromatic N) is 4. The molecule has 3 atom stereocenters. The Hall–Kier alpha value is -3.32. The summed E-state index contributed by atoms with van der Waals surface area (Å²) in [4.78, 5) is 18.3. The quantitative estimate of drug-likeness (QED) is 0.583. The Bertz CT molecular complexity index is 1220. The number of hydrogen-bond donors (Lipinski definition) is 1. The van der Waals surface area contributed by atoms with E-state index in [0.29, 0.717) is 12.1 Å². The van der Waals surface area contributed by atoms with Crippen molar-refractivity contribution in [2.75, 3.05) is 31.6 Å². The highest BCUT2D eigenvalue weighted by molar-refractivity contribution is 5.97. The second-order valence-electron chi connectivity index (χ2n) is 9.47. The standard InChI is InChI=1S/C27H33N5O2/c1-6-31-15-26-25(31)16-32(26)22-8-7-17(2)24(12-22)27(33)29-18(3)19-9-20(11-23(10-19)34-5)21-13-28-30(4)14-21/h7-14,18,25-26H,6,15-16H2,1-5H3,(H,29,33). The highest BCUT2D eigenvalue weighted by Gasteiger charge is 2.50. The van der Waals surface area contributed by atoms with E-state index in [1.165, 1.54) is 0 Å². The van der Waals surface area contributed by atoms with Gasteiger partial charge in [0.05, 0.1) is 25.4 Å². The van der Waals surface area contributed by atoms with Crippen LogP contribution in [-0.2, 0) is 7.05 Å². The van der Waals surface area contributed by atoms with Gasteiger partial charge in [0.15, 0.2) is 0 Å². The first-order valence-electron chi connectivity index (χ1n) is 12.0. The van der Waals surface area contributed by atoms with Crippen LogP contribution in [0.3, 0.4) is 0 Å². The molecular formula is C27H33N5O2. The second kappa shape index (κ2) is 8.80. The molecule has 3 heterocycles. The smallest absolute Gasteiger partial charge is 0.252 e. The molecule has 3 unspecified atom stereocenters. The van der Waals surface area contributed by atoms with Gasteiger partial charge in [-0.25, -0.2) is 0 Å². The van der Waals surface area contributed by atoms with Crippen molar-refractivity contribution in [2.45, 2.75) is 38.9 Å². The Labute approximate surface area is 201 Å². The SMILES string of the molecule is CCN1CC2C1CN2c1ccc(C)c(C(=O)NC(C)c2cc(OC)cc(-c3cnn(C)c3)c2)c1. The first kappa shape index (κ1) is 22.5. The number of amides is 1. The number of aryl methyl sites for hydroxylation is 2. The van der Waals surface area contributed by atoms with Crippen molar-refractivity contribution in [1.82, 2.24) is 20.0 Å². The monoisotopic (exact) mass is 459 g/mol. The third-order valence-corrected chi connectivity index (χ3v) is 7.37. The van der Waals surface area contributed by atoms with Gasteiger partial charge >= 0.3 is 0 Å². The Morgan fingerprint density at radius 1 is 1.18 bits per heavy atom. The lowest BCUT2D eigenvalue weighted by molar-refractivity contribution is 0.0164. The summed E-state index contributed by atoms with van der Waals surface area (Å²) in [5.41, 5.74) is 5.86. The number of methoxy groups -OCH3 is 1. The first-order valence-corrected chi connectivity index (χ1v) is 12.0. The van der Waals surface area contributed by atoms with Gasteiger partial charge in [-0.15, -0.1) is 0 Å². The van der Waals surface area contributed by atoms with Crippen molar-refractivity contribution in [2.24, 2.45) is 7.05 Å². The van der Waals surface area contributed by atoms with E-state index in [9.17, 15) is 4.79 Å². The minimum absolute atomic E-state index is 0.0570. The van der Waals surface area contributed by atoms with E-state index in [1.54, 1.807) is 11.8 Å². The van der Waals surface area contributed by atoms with Crippen LogP contribution >= 0.6 is 0 Å². The predicted molar refractivity (Wildman–Crippen MR) is 134 cm³/mol. The number of anilines is 1. The van der Waals surface area contributed by atoms with Gasteiger partial charge in [0.2, 0.25) is 0 Å². The van der Waals surface area contributed by atoms with Crippen LogP contribution in [-0.4, -0.2) is 59.4 Å². The van der Waals surface area contributed by atoms with Gasteiger partial charge in [-0.1, -0.05) is 13.0 Å². The van der Waals surface area contributed by atoms with Gasteiger partial charge < -0.3 is 15.0 Å². The van der Waals surface area contributed by atoms with E-state index in [4.69, 9.17) is 4.74 Å². The summed E-state index contributed by atoms with van der Waals surface area (Å²) in [5, 5.41) is 7.48. The maximum atomic E-state index is 13.3. The summed E-state index contributed by atoms with van der Waals surface area (Å²) in [6.45, 7) is 9.49. The summed E-state index contributed by atoms with van der Waals surface area (Å²) in [5.74, 6) is 0.697. The zero-order valence-corrected chi connectivity index (χ0v) is 20.6. The lowest BCUT2D eigenvalue weighted by Gasteiger charge is -2.63. The zero-order chi connectivity index (χ0) is 24.0. The summed E-state index contributed by atoms with van der Waals surface area (Å²) >= 11 is 0. The van der Waals surface area contributed by atoms with Crippen molar-refractivity contribution in [3.8, 4) is 16.9 Å². The van der Waals surface area contributed by atoms with Gasteiger partial charge in [0.25, 0.3) is 5.91 Å². The van der Waals surface area contributed by atoms with Gasteiger partial charge in [-0.3, -0.25) is 14.4 Å². The fourth-order valence-corrected chi connectivity index (χ4v) is 5.12. The normalized spacial score (nSPS) is 20.2. The highest BCUT2D eigenvalue weighted by atomic mass is 16.5. The average Bonchev–Trinajstić information content (AvgIpc) is 3.26. The van der Waals surface area contributed by atoms with Crippen LogP contribution in [0.4, 0.5) is 5.69 Å². The number of nitrogens with one attached hydrogen (secondary N) is 1. The van der Waals surface area contributed by atoms with Crippen LogP contribution in [0, 0.1) is 6.92 Å². The summed E-state index contributed by atoms with van der Waals surface area (Å²) in [6.07, 6.45) is 3.80. The molecule has 0 aliphatic carbocycles. The maximum absolute atomic E-state index is 13.3. The topological polar surface area (TPSA) is 62.6 Å². The van der Waals surface area contributed by atoms with Crippen molar-refractivity contribution in [1.29, 1.82) is 0 Å². The molecule has 2 aliphatic rings. The number of ether oxygens (including phenoxy) is 1. The molecule has 3 aromatic rings. The van der Waals surface area contributed by atoms with E-state index in [2.05, 4.69) is 51.4 Å². The van der Waals surface area contributed by atoms with Crippen LogP contribution in [0.25, 0.3) is 11.1 Å². The molecule has 5 rings (SSSR count). The van der Waals surface area contributed by atoms with E-state index >= 15 is 0 Å². The lowest BCUT2D eigenvalue weighted by atomic mass is 9.84. The summed E-state index contributed by atoms with van der Waals surface area (Å²) < 4.78 is 7.31.